The molecule has 1 aromatic heterocycles. The molecule has 0 spiro atoms. The van der Waals surface area contributed by atoms with Gasteiger partial charge in [0.05, 0.1) is 12.6 Å². The third-order valence-electron chi connectivity index (χ3n) is 4.19. The normalized spacial score (nSPS) is 18.6. The zero-order chi connectivity index (χ0) is 17.6. The molecule has 0 radical (unpaired) electrons. The van der Waals surface area contributed by atoms with E-state index in [4.69, 9.17) is 16.3 Å². The lowest BCUT2D eigenvalue weighted by Crippen LogP contribution is -2.34. The number of benzene rings is 1. The average Bonchev–Trinajstić information content (AvgIpc) is 3.13. The Morgan fingerprint density at radius 1 is 1.44 bits per heavy atom. The summed E-state index contributed by atoms with van der Waals surface area (Å²) in [5.41, 5.74) is 0.435. The van der Waals surface area contributed by atoms with Crippen LogP contribution in [-0.4, -0.2) is 41.4 Å². The van der Waals surface area contributed by atoms with Gasteiger partial charge in [0.1, 0.15) is 17.5 Å². The lowest BCUT2D eigenvalue weighted by atomic mass is 10.1. The van der Waals surface area contributed by atoms with Crippen molar-refractivity contribution in [3.8, 4) is 5.75 Å². The Kier molecular flexibility index (Phi) is 5.94. The molecule has 134 valence electrons. The maximum Gasteiger partial charge on any atom is 0.271 e. The first-order valence-corrected chi connectivity index (χ1v) is 8.96. The molecule has 2 unspecified atom stereocenters. The summed E-state index contributed by atoms with van der Waals surface area (Å²) >= 11 is 5.85. The molecule has 1 aliphatic rings. The van der Waals surface area contributed by atoms with E-state index in [-0.39, 0.29) is 12.0 Å². The molecule has 2 heterocycles. The summed E-state index contributed by atoms with van der Waals surface area (Å²) in [6.07, 6.45) is 3.93. The first kappa shape index (κ1) is 17.8. The monoisotopic (exact) mass is 362 g/mol. The summed E-state index contributed by atoms with van der Waals surface area (Å²) in [4.78, 5) is 12.3. The van der Waals surface area contributed by atoms with Crippen LogP contribution in [0.3, 0.4) is 0 Å². The largest absolute Gasteiger partial charge is 0.489 e. The highest BCUT2D eigenvalue weighted by molar-refractivity contribution is 6.30. The second-order valence-electron chi connectivity index (χ2n) is 6.27. The van der Waals surface area contributed by atoms with Crippen molar-refractivity contribution in [3.05, 3.63) is 47.2 Å². The molecule has 1 saturated heterocycles. The van der Waals surface area contributed by atoms with Crippen LogP contribution in [0, 0.1) is 0 Å². The summed E-state index contributed by atoms with van der Waals surface area (Å²) in [5, 5.41) is 11.3. The molecule has 6 nitrogen and oxygen atoms in total. The van der Waals surface area contributed by atoms with Gasteiger partial charge in [0.15, 0.2) is 0 Å². The fourth-order valence-corrected chi connectivity index (χ4v) is 2.96. The molecule has 0 bridgehead atoms. The topological polar surface area (TPSA) is 68.2 Å². The molecule has 0 aliphatic carbocycles. The van der Waals surface area contributed by atoms with Crippen molar-refractivity contribution < 1.29 is 9.53 Å². The summed E-state index contributed by atoms with van der Waals surface area (Å²) < 4.78 is 7.63. The summed E-state index contributed by atoms with van der Waals surface area (Å²) in [6.45, 7) is 4.26. The summed E-state index contributed by atoms with van der Waals surface area (Å²) in [5.74, 6) is 0.536. The number of ether oxygens (including phenoxy) is 1. The van der Waals surface area contributed by atoms with E-state index >= 15 is 0 Å². The SMILES string of the molecule is CC(CNC(=O)c1ccn(C2CCCNC2)n1)Oc1ccc(Cl)cc1. The highest BCUT2D eigenvalue weighted by atomic mass is 35.5. The Bertz CT molecular complexity index is 695. The Morgan fingerprint density at radius 2 is 2.24 bits per heavy atom. The zero-order valence-electron chi connectivity index (χ0n) is 14.2. The molecule has 2 atom stereocenters. The van der Waals surface area contributed by atoms with Gasteiger partial charge in [-0.1, -0.05) is 11.6 Å². The zero-order valence-corrected chi connectivity index (χ0v) is 15.0. The van der Waals surface area contributed by atoms with Gasteiger partial charge in [-0.05, 0) is 56.6 Å². The number of nitrogens with one attached hydrogen (secondary N) is 2. The van der Waals surface area contributed by atoms with Gasteiger partial charge in [-0.25, -0.2) is 0 Å². The standard InChI is InChI=1S/C18H23ClN4O2/c1-13(25-16-6-4-14(19)5-7-16)11-21-18(24)17-8-10-23(22-17)15-3-2-9-20-12-15/h4-8,10,13,15,20H,2-3,9,11-12H2,1H3,(H,21,24). The molecule has 1 aliphatic heterocycles. The van der Waals surface area contributed by atoms with Crippen molar-refractivity contribution >= 4 is 17.5 Å². The van der Waals surface area contributed by atoms with Crippen molar-refractivity contribution in [3.63, 3.8) is 0 Å². The number of carbonyl (C=O) groups is 1. The van der Waals surface area contributed by atoms with Crippen LogP contribution in [0.4, 0.5) is 0 Å². The van der Waals surface area contributed by atoms with Crippen molar-refractivity contribution in [1.82, 2.24) is 20.4 Å². The van der Waals surface area contributed by atoms with Crippen LogP contribution in [0.25, 0.3) is 0 Å². The molecule has 3 rings (SSSR count). The van der Waals surface area contributed by atoms with Crippen LogP contribution in [0.5, 0.6) is 5.75 Å². The van der Waals surface area contributed by atoms with Gasteiger partial charge in [-0.3, -0.25) is 9.48 Å². The van der Waals surface area contributed by atoms with Gasteiger partial charge < -0.3 is 15.4 Å². The highest BCUT2D eigenvalue weighted by Crippen LogP contribution is 2.17. The van der Waals surface area contributed by atoms with Crippen LogP contribution in [0.15, 0.2) is 36.5 Å². The molecule has 1 amide bonds. The lowest BCUT2D eigenvalue weighted by molar-refractivity contribution is 0.0926. The van der Waals surface area contributed by atoms with E-state index in [9.17, 15) is 4.79 Å². The predicted octanol–water partition coefficient (Wildman–Crippen LogP) is 2.66. The smallest absolute Gasteiger partial charge is 0.271 e. The Labute approximate surface area is 152 Å². The molecule has 1 fully saturated rings. The van der Waals surface area contributed by atoms with Gasteiger partial charge in [0.2, 0.25) is 0 Å². The Balaban J connectivity index is 1.48. The van der Waals surface area contributed by atoms with Crippen molar-refractivity contribution in [2.24, 2.45) is 0 Å². The summed E-state index contributed by atoms with van der Waals surface area (Å²) in [7, 11) is 0. The van der Waals surface area contributed by atoms with E-state index in [1.165, 1.54) is 0 Å². The maximum atomic E-state index is 12.3. The molecule has 7 heteroatoms. The third-order valence-corrected chi connectivity index (χ3v) is 4.44. The van der Waals surface area contributed by atoms with Crippen LogP contribution in [-0.2, 0) is 0 Å². The predicted molar refractivity (Wildman–Crippen MR) is 97.2 cm³/mol. The van der Waals surface area contributed by atoms with Gasteiger partial charge in [0, 0.05) is 17.8 Å². The van der Waals surface area contributed by atoms with Crippen LogP contribution in [0.1, 0.15) is 36.3 Å². The minimum Gasteiger partial charge on any atom is -0.489 e. The molecular weight excluding hydrogens is 340 g/mol. The van der Waals surface area contributed by atoms with Crippen LogP contribution in [0.2, 0.25) is 5.02 Å². The van der Waals surface area contributed by atoms with E-state index in [0.29, 0.717) is 23.3 Å². The summed E-state index contributed by atoms with van der Waals surface area (Å²) in [6, 6.07) is 9.24. The van der Waals surface area contributed by atoms with Gasteiger partial charge >= 0.3 is 0 Å². The van der Waals surface area contributed by atoms with E-state index in [1.807, 2.05) is 17.8 Å². The van der Waals surface area contributed by atoms with E-state index in [0.717, 1.165) is 31.7 Å². The number of rotatable bonds is 6. The molecule has 1 aromatic carbocycles. The van der Waals surface area contributed by atoms with Crippen molar-refractivity contribution in [1.29, 1.82) is 0 Å². The number of nitrogens with zero attached hydrogens (tertiary/aromatic N) is 2. The highest BCUT2D eigenvalue weighted by Gasteiger charge is 2.18. The second kappa shape index (κ2) is 8.36. The molecule has 25 heavy (non-hydrogen) atoms. The minimum atomic E-state index is -0.186. The van der Waals surface area contributed by atoms with E-state index in [1.54, 1.807) is 30.3 Å². The van der Waals surface area contributed by atoms with Gasteiger partial charge in [-0.15, -0.1) is 0 Å². The number of amides is 1. The van der Waals surface area contributed by atoms with Gasteiger partial charge in [0.25, 0.3) is 5.91 Å². The lowest BCUT2D eigenvalue weighted by Gasteiger charge is -2.22. The Hall–Kier alpha value is -2.05. The second-order valence-corrected chi connectivity index (χ2v) is 6.71. The number of carbonyl (C=O) groups excluding carboxylic acids is 1. The molecule has 2 N–H and O–H groups in total. The quantitative estimate of drug-likeness (QED) is 0.829. The molecule has 2 aromatic rings. The third kappa shape index (κ3) is 4.96. The first-order chi connectivity index (χ1) is 12.1. The van der Waals surface area contributed by atoms with Crippen LogP contribution < -0.4 is 15.4 Å². The number of aromatic nitrogens is 2. The molecule has 0 saturated carbocycles. The Morgan fingerprint density at radius 3 is 2.96 bits per heavy atom. The maximum absolute atomic E-state index is 12.3. The minimum absolute atomic E-state index is 0.158. The fraction of sp³-hybridized carbons (Fsp3) is 0.444. The first-order valence-electron chi connectivity index (χ1n) is 8.58. The van der Waals surface area contributed by atoms with Crippen molar-refractivity contribution in [2.75, 3.05) is 19.6 Å². The van der Waals surface area contributed by atoms with Crippen molar-refractivity contribution in [2.45, 2.75) is 31.9 Å². The number of hydrogen-bond donors (Lipinski definition) is 2. The van der Waals surface area contributed by atoms with E-state index in [2.05, 4.69) is 15.7 Å². The average molecular weight is 363 g/mol. The number of hydrogen-bond acceptors (Lipinski definition) is 4. The number of piperidine rings is 1. The molecular formula is C18H23ClN4O2. The fourth-order valence-electron chi connectivity index (χ4n) is 2.84. The number of halogens is 1. The van der Waals surface area contributed by atoms with Gasteiger partial charge in [-0.2, -0.15) is 5.10 Å². The van der Waals surface area contributed by atoms with Crippen LogP contribution >= 0.6 is 11.6 Å². The van der Waals surface area contributed by atoms with E-state index < -0.39 is 0 Å².